The van der Waals surface area contributed by atoms with Crippen molar-refractivity contribution in [2.45, 2.75) is 57.4 Å². The van der Waals surface area contributed by atoms with Crippen LogP contribution in [0.4, 0.5) is 0 Å². The van der Waals surface area contributed by atoms with Gasteiger partial charge in [0, 0.05) is 26.3 Å². The van der Waals surface area contributed by atoms with Gasteiger partial charge in [0.15, 0.2) is 0 Å². The molecule has 0 aromatic carbocycles. The van der Waals surface area contributed by atoms with Gasteiger partial charge in [-0.3, -0.25) is 9.59 Å². The number of carbonyl (C=O) groups excluding carboxylic acids is 3. The van der Waals surface area contributed by atoms with Gasteiger partial charge < -0.3 is 30.3 Å². The number of hydrogen-bond acceptors (Lipinski definition) is 6. The summed E-state index contributed by atoms with van der Waals surface area (Å²) >= 11 is 0. The van der Waals surface area contributed by atoms with E-state index >= 15 is 0 Å². The van der Waals surface area contributed by atoms with Crippen molar-refractivity contribution in [2.75, 3.05) is 13.2 Å². The summed E-state index contributed by atoms with van der Waals surface area (Å²) in [6.45, 7) is 2.22. The monoisotopic (exact) mass is 316 g/mol. The van der Waals surface area contributed by atoms with Gasteiger partial charge in [0.2, 0.25) is 11.8 Å². The number of nitrogens with one attached hydrogen (secondary N) is 1. The van der Waals surface area contributed by atoms with E-state index in [0.29, 0.717) is 6.42 Å². The van der Waals surface area contributed by atoms with Crippen molar-refractivity contribution in [1.29, 1.82) is 0 Å². The summed E-state index contributed by atoms with van der Waals surface area (Å²) in [5.74, 6) is -0.735. The van der Waals surface area contributed by atoms with Crippen molar-refractivity contribution in [1.82, 2.24) is 10.2 Å². The van der Waals surface area contributed by atoms with Gasteiger partial charge in [0.1, 0.15) is 18.0 Å². The lowest BCUT2D eigenvalue weighted by atomic mass is 9.91. The molecule has 1 saturated heterocycles. The highest BCUT2D eigenvalue weighted by Gasteiger charge is 2.43. The van der Waals surface area contributed by atoms with E-state index in [4.69, 9.17) is 0 Å². The third-order valence-electron chi connectivity index (χ3n) is 3.77. The van der Waals surface area contributed by atoms with Gasteiger partial charge in [-0.25, -0.2) is 0 Å². The summed E-state index contributed by atoms with van der Waals surface area (Å²) in [6.07, 6.45) is -1.85. The lowest BCUT2D eigenvalue weighted by molar-refractivity contribution is -0.153. The molecular formula is C14H24N2O6. The normalized spacial score (nSPS) is 28.3. The van der Waals surface area contributed by atoms with Crippen molar-refractivity contribution in [3.05, 3.63) is 0 Å². The molecule has 4 N–H and O–H groups in total. The minimum Gasteiger partial charge on any atom is -0.394 e. The Morgan fingerprint density at radius 2 is 1.77 bits per heavy atom. The minimum atomic E-state index is -1.35. The van der Waals surface area contributed by atoms with E-state index in [9.17, 15) is 29.7 Å². The molecule has 0 spiro atoms. The molecule has 1 heterocycles. The summed E-state index contributed by atoms with van der Waals surface area (Å²) in [7, 11) is 0. The van der Waals surface area contributed by atoms with Crippen molar-refractivity contribution < 1.29 is 29.7 Å². The molecule has 0 aliphatic carbocycles. The lowest BCUT2D eigenvalue weighted by Gasteiger charge is -2.45. The van der Waals surface area contributed by atoms with Crippen molar-refractivity contribution >= 4 is 17.6 Å². The van der Waals surface area contributed by atoms with Crippen molar-refractivity contribution in [3.8, 4) is 0 Å². The second-order valence-electron chi connectivity index (χ2n) is 5.64. The Hall–Kier alpha value is -1.51. The van der Waals surface area contributed by atoms with Crippen LogP contribution in [0, 0.1) is 0 Å². The van der Waals surface area contributed by atoms with E-state index in [0.717, 1.165) is 0 Å². The predicted molar refractivity (Wildman–Crippen MR) is 76.7 cm³/mol. The lowest BCUT2D eigenvalue weighted by Crippen LogP contribution is -2.67. The SMILES string of the molecule is CC(=O)CCCC(=O)N1CC(NC(C)=O)C(O)[C@@H](O)C1CO. The van der Waals surface area contributed by atoms with Gasteiger partial charge in [-0.2, -0.15) is 0 Å². The van der Waals surface area contributed by atoms with Gasteiger partial charge in [-0.1, -0.05) is 0 Å². The van der Waals surface area contributed by atoms with Crippen LogP contribution in [0.15, 0.2) is 0 Å². The Bertz CT molecular complexity index is 428. The van der Waals surface area contributed by atoms with Gasteiger partial charge >= 0.3 is 0 Å². The fourth-order valence-electron chi connectivity index (χ4n) is 2.62. The largest absolute Gasteiger partial charge is 0.394 e. The third-order valence-corrected chi connectivity index (χ3v) is 3.77. The van der Waals surface area contributed by atoms with Crippen LogP contribution in [0.25, 0.3) is 0 Å². The number of aliphatic hydroxyl groups excluding tert-OH is 3. The minimum absolute atomic E-state index is 0.00192. The zero-order valence-electron chi connectivity index (χ0n) is 12.9. The molecule has 8 nitrogen and oxygen atoms in total. The predicted octanol–water partition coefficient (Wildman–Crippen LogP) is -1.82. The molecule has 1 aliphatic rings. The zero-order chi connectivity index (χ0) is 16.9. The van der Waals surface area contributed by atoms with Crippen molar-refractivity contribution in [3.63, 3.8) is 0 Å². The fourth-order valence-corrected chi connectivity index (χ4v) is 2.62. The number of Topliss-reactive ketones (excluding diaryl/α,β-unsaturated/α-hetero) is 1. The number of nitrogens with zero attached hydrogens (tertiary/aromatic N) is 1. The van der Waals surface area contributed by atoms with Crippen LogP contribution in [-0.4, -0.2) is 75.3 Å². The van der Waals surface area contributed by atoms with E-state index in [-0.39, 0.29) is 37.0 Å². The highest BCUT2D eigenvalue weighted by Crippen LogP contribution is 2.20. The van der Waals surface area contributed by atoms with Crippen LogP contribution in [0.2, 0.25) is 0 Å². The molecule has 22 heavy (non-hydrogen) atoms. The number of rotatable bonds is 6. The van der Waals surface area contributed by atoms with E-state index in [2.05, 4.69) is 5.32 Å². The van der Waals surface area contributed by atoms with Crippen LogP contribution in [0.1, 0.15) is 33.1 Å². The van der Waals surface area contributed by atoms with E-state index in [1.54, 1.807) is 0 Å². The topological polar surface area (TPSA) is 127 Å². The number of ketones is 1. The molecule has 8 heteroatoms. The van der Waals surface area contributed by atoms with Gasteiger partial charge in [0.05, 0.1) is 18.7 Å². The first-order valence-electron chi connectivity index (χ1n) is 7.31. The maximum Gasteiger partial charge on any atom is 0.223 e. The van der Waals surface area contributed by atoms with Gasteiger partial charge in [-0.05, 0) is 13.3 Å². The molecule has 1 fully saturated rings. The second kappa shape index (κ2) is 8.21. The Kier molecular flexibility index (Phi) is 6.92. The van der Waals surface area contributed by atoms with Crippen LogP contribution >= 0.6 is 0 Å². The molecule has 0 aromatic heterocycles. The number of amides is 2. The Morgan fingerprint density at radius 1 is 1.14 bits per heavy atom. The van der Waals surface area contributed by atoms with E-state index in [1.807, 2.05) is 0 Å². The first kappa shape index (κ1) is 18.5. The van der Waals surface area contributed by atoms with Gasteiger partial charge in [0.25, 0.3) is 0 Å². The smallest absolute Gasteiger partial charge is 0.223 e. The second-order valence-corrected chi connectivity index (χ2v) is 5.64. The number of aliphatic hydroxyl groups is 3. The van der Waals surface area contributed by atoms with Crippen LogP contribution < -0.4 is 5.32 Å². The third kappa shape index (κ3) is 4.75. The molecule has 0 radical (unpaired) electrons. The van der Waals surface area contributed by atoms with Crippen LogP contribution in [0.3, 0.4) is 0 Å². The maximum absolute atomic E-state index is 12.2. The highest BCUT2D eigenvalue weighted by atomic mass is 16.3. The molecule has 0 bridgehead atoms. The van der Waals surface area contributed by atoms with Crippen molar-refractivity contribution in [2.24, 2.45) is 0 Å². The number of carbonyl (C=O) groups is 3. The molecule has 4 atom stereocenters. The first-order valence-corrected chi connectivity index (χ1v) is 7.31. The summed E-state index contributed by atoms with van der Waals surface area (Å²) in [5, 5.41) is 31.9. The van der Waals surface area contributed by atoms with Crippen LogP contribution in [-0.2, 0) is 14.4 Å². The Labute approximate surface area is 129 Å². The standard InChI is InChI=1S/C14H24N2O6/c1-8(18)4-3-5-12(20)16-6-10(15-9(2)19)13(21)14(22)11(16)7-17/h10-11,13-14,17,21-22H,3-7H2,1-2H3,(H,15,19)/t10?,11?,13?,14-/m0/s1. The molecule has 1 rings (SSSR count). The molecule has 0 saturated carbocycles. The molecule has 126 valence electrons. The summed E-state index contributed by atoms with van der Waals surface area (Å²) in [4.78, 5) is 35.5. The van der Waals surface area contributed by atoms with E-state index in [1.165, 1.54) is 18.7 Å². The summed E-state index contributed by atoms with van der Waals surface area (Å²) in [5.41, 5.74) is 0. The summed E-state index contributed by atoms with van der Waals surface area (Å²) in [6, 6.07) is -1.73. The Balaban J connectivity index is 2.77. The molecule has 1 aliphatic heterocycles. The average molecular weight is 316 g/mol. The number of piperidine rings is 1. The molecule has 3 unspecified atom stereocenters. The summed E-state index contributed by atoms with van der Waals surface area (Å²) < 4.78 is 0. The quantitative estimate of drug-likeness (QED) is 0.457. The average Bonchev–Trinajstić information content (AvgIpc) is 2.42. The molecule has 0 aromatic rings. The van der Waals surface area contributed by atoms with E-state index < -0.39 is 30.9 Å². The zero-order valence-corrected chi connectivity index (χ0v) is 12.9. The maximum atomic E-state index is 12.2. The fraction of sp³-hybridized carbons (Fsp3) is 0.786. The number of likely N-dealkylation sites (tertiary alicyclic amines) is 1. The van der Waals surface area contributed by atoms with Crippen LogP contribution in [0.5, 0.6) is 0 Å². The Morgan fingerprint density at radius 3 is 2.27 bits per heavy atom. The number of hydrogen-bond donors (Lipinski definition) is 4. The molecule has 2 amide bonds. The van der Waals surface area contributed by atoms with Gasteiger partial charge in [-0.15, -0.1) is 0 Å². The molecular weight excluding hydrogens is 292 g/mol. The highest BCUT2D eigenvalue weighted by molar-refractivity contribution is 5.79. The first-order chi connectivity index (χ1) is 10.3.